The number of aliphatic hydroxyl groups is 1. The van der Waals surface area contributed by atoms with Crippen molar-refractivity contribution in [1.82, 2.24) is 10.5 Å². The first-order chi connectivity index (χ1) is 15.0. The number of aryl methyl sites for hydroxylation is 1. The minimum atomic E-state index is -3.70. The molecule has 0 saturated carbocycles. The molecule has 32 heavy (non-hydrogen) atoms. The predicted octanol–water partition coefficient (Wildman–Crippen LogP) is 3.01. The van der Waals surface area contributed by atoms with Crippen molar-refractivity contribution in [3.63, 3.8) is 0 Å². The Morgan fingerprint density at radius 3 is 2.56 bits per heavy atom. The lowest BCUT2D eigenvalue weighted by Gasteiger charge is -2.29. The third-order valence-corrected chi connectivity index (χ3v) is 7.57. The van der Waals surface area contributed by atoms with Crippen LogP contribution in [0, 0.1) is 6.92 Å². The molecule has 1 heterocycles. The fourth-order valence-corrected chi connectivity index (χ4v) is 4.07. The Balaban J connectivity index is 1.77. The topological polar surface area (TPSA) is 130 Å². The molecule has 0 aliphatic carbocycles. The summed E-state index contributed by atoms with van der Waals surface area (Å²) in [5, 5.41) is 27.0. The summed E-state index contributed by atoms with van der Waals surface area (Å²) in [6.07, 6.45) is -0.404. The van der Waals surface area contributed by atoms with Crippen molar-refractivity contribution in [3.8, 4) is 17.1 Å². The maximum Gasteiger partial charge on any atom is 0.255 e. The Labute approximate surface area is 186 Å². The number of nitrogens with zero attached hydrogens (tertiary/aromatic N) is 1. The average molecular weight is 459 g/mol. The molecule has 3 rings (SSSR count). The molecule has 3 N–H and O–H groups in total. The number of aliphatic hydroxyl groups excluding tert-OH is 1. The van der Waals surface area contributed by atoms with E-state index in [1.807, 2.05) is 31.2 Å². The summed E-state index contributed by atoms with van der Waals surface area (Å²) in [4.78, 5) is 12.4. The second-order valence-electron chi connectivity index (χ2n) is 8.13. The molecule has 2 atom stereocenters. The van der Waals surface area contributed by atoms with Gasteiger partial charge >= 0.3 is 0 Å². The number of benzene rings is 2. The lowest BCUT2D eigenvalue weighted by Crippen LogP contribution is -2.47. The van der Waals surface area contributed by atoms with E-state index in [9.17, 15) is 23.4 Å². The Morgan fingerprint density at radius 1 is 1.19 bits per heavy atom. The molecular weight excluding hydrogens is 432 g/mol. The van der Waals surface area contributed by atoms with Crippen LogP contribution in [0.1, 0.15) is 41.1 Å². The van der Waals surface area contributed by atoms with Crippen LogP contribution in [0.15, 0.2) is 59.1 Å². The third kappa shape index (κ3) is 5.17. The molecule has 1 aromatic heterocycles. The fourth-order valence-electron chi connectivity index (χ4n) is 3.28. The molecule has 2 aromatic carbocycles. The van der Waals surface area contributed by atoms with Crippen LogP contribution in [0.2, 0.25) is 0 Å². The molecule has 2 unspecified atom stereocenters. The second-order valence-corrected chi connectivity index (χ2v) is 10.7. The van der Waals surface area contributed by atoms with E-state index in [4.69, 9.17) is 4.52 Å². The minimum absolute atomic E-state index is 0.0307. The van der Waals surface area contributed by atoms with Gasteiger partial charge in [0.05, 0.1) is 10.3 Å². The van der Waals surface area contributed by atoms with Gasteiger partial charge in [0.1, 0.15) is 17.5 Å². The predicted molar refractivity (Wildman–Crippen MR) is 120 cm³/mol. The van der Waals surface area contributed by atoms with E-state index in [1.165, 1.54) is 19.1 Å². The van der Waals surface area contributed by atoms with E-state index >= 15 is 0 Å². The van der Waals surface area contributed by atoms with Crippen LogP contribution in [-0.2, 0) is 9.84 Å². The molecule has 0 aliphatic heterocycles. The van der Waals surface area contributed by atoms with Gasteiger partial charge < -0.3 is 20.1 Å². The van der Waals surface area contributed by atoms with E-state index in [1.54, 1.807) is 18.2 Å². The summed E-state index contributed by atoms with van der Waals surface area (Å²) >= 11 is 0. The Hall–Kier alpha value is -3.17. The van der Waals surface area contributed by atoms with Crippen LogP contribution in [-0.4, -0.2) is 47.2 Å². The number of phenolic OH excluding ortho intramolecular Hbond substituents is 1. The molecule has 0 fully saturated rings. The van der Waals surface area contributed by atoms with Crippen LogP contribution in [0.25, 0.3) is 11.3 Å². The number of amides is 1. The number of sulfone groups is 1. The highest BCUT2D eigenvalue weighted by Crippen LogP contribution is 2.31. The van der Waals surface area contributed by atoms with Gasteiger partial charge in [-0.05, 0) is 32.0 Å². The standard InChI is InChI=1S/C23H26N2O6S/c1-15-7-6-8-16(11-15)21-12-18(25-31-21)20(27)13-23(2,32(3,29)30)14-24-22(28)17-9-4-5-10-19(17)26/h4-12,20,26-27H,13-14H2,1-3H3,(H,24,28). The van der Waals surface area contributed by atoms with Crippen molar-refractivity contribution in [2.45, 2.75) is 31.1 Å². The smallest absolute Gasteiger partial charge is 0.255 e. The van der Waals surface area contributed by atoms with E-state index in [-0.39, 0.29) is 30.0 Å². The molecule has 8 nitrogen and oxygen atoms in total. The first-order valence-electron chi connectivity index (χ1n) is 9.98. The second kappa shape index (κ2) is 9.13. The zero-order valence-corrected chi connectivity index (χ0v) is 18.9. The molecule has 0 radical (unpaired) electrons. The largest absolute Gasteiger partial charge is 0.507 e. The van der Waals surface area contributed by atoms with E-state index in [2.05, 4.69) is 10.5 Å². The van der Waals surface area contributed by atoms with Crippen LogP contribution in [0.5, 0.6) is 5.75 Å². The molecule has 0 bridgehead atoms. The molecule has 0 spiro atoms. The molecule has 9 heteroatoms. The maximum absolute atomic E-state index is 12.5. The Kier molecular flexibility index (Phi) is 6.71. The molecule has 3 aromatic rings. The van der Waals surface area contributed by atoms with Gasteiger partial charge in [-0.25, -0.2) is 8.42 Å². The highest BCUT2D eigenvalue weighted by atomic mass is 32.2. The molecule has 0 aliphatic rings. The van der Waals surface area contributed by atoms with Gasteiger partial charge in [0.15, 0.2) is 15.6 Å². The number of aromatic nitrogens is 1. The number of para-hydroxylation sites is 1. The number of carbonyl (C=O) groups excluding carboxylic acids is 1. The summed E-state index contributed by atoms with van der Waals surface area (Å²) in [5.41, 5.74) is 2.05. The van der Waals surface area contributed by atoms with Gasteiger partial charge in [-0.15, -0.1) is 0 Å². The lowest BCUT2D eigenvalue weighted by atomic mass is 9.99. The van der Waals surface area contributed by atoms with Crippen molar-refractivity contribution >= 4 is 15.7 Å². The lowest BCUT2D eigenvalue weighted by molar-refractivity contribution is 0.0937. The number of hydrogen-bond acceptors (Lipinski definition) is 7. The Morgan fingerprint density at radius 2 is 1.91 bits per heavy atom. The number of nitrogens with one attached hydrogen (secondary N) is 1. The minimum Gasteiger partial charge on any atom is -0.507 e. The summed E-state index contributed by atoms with van der Waals surface area (Å²) in [7, 11) is -3.70. The van der Waals surface area contributed by atoms with Crippen molar-refractivity contribution in [2.75, 3.05) is 12.8 Å². The van der Waals surface area contributed by atoms with Crippen LogP contribution >= 0.6 is 0 Å². The number of hydrogen-bond donors (Lipinski definition) is 3. The van der Waals surface area contributed by atoms with Gasteiger partial charge in [-0.1, -0.05) is 41.1 Å². The first-order valence-corrected chi connectivity index (χ1v) is 11.9. The first kappa shape index (κ1) is 23.5. The monoisotopic (exact) mass is 458 g/mol. The SMILES string of the molecule is Cc1cccc(-c2cc(C(O)CC(C)(CNC(=O)c3ccccc3O)S(C)(=O)=O)no2)c1. The molecule has 1 amide bonds. The summed E-state index contributed by atoms with van der Waals surface area (Å²) < 4.78 is 28.9. The quantitative estimate of drug-likeness (QED) is 0.473. The van der Waals surface area contributed by atoms with Crippen LogP contribution in [0.4, 0.5) is 0 Å². The number of phenols is 1. The van der Waals surface area contributed by atoms with Gasteiger partial charge in [-0.3, -0.25) is 4.79 Å². The highest BCUT2D eigenvalue weighted by molar-refractivity contribution is 7.92. The third-order valence-electron chi connectivity index (χ3n) is 5.46. The van der Waals surface area contributed by atoms with Gasteiger partial charge in [0, 0.05) is 30.9 Å². The van der Waals surface area contributed by atoms with Crippen LogP contribution in [0.3, 0.4) is 0 Å². The van der Waals surface area contributed by atoms with Crippen molar-refractivity contribution < 1.29 is 27.9 Å². The Bertz CT molecular complexity index is 1220. The molecule has 170 valence electrons. The van der Waals surface area contributed by atoms with Crippen molar-refractivity contribution in [2.24, 2.45) is 0 Å². The normalized spacial score (nSPS) is 14.5. The van der Waals surface area contributed by atoms with Crippen molar-refractivity contribution in [3.05, 3.63) is 71.4 Å². The van der Waals surface area contributed by atoms with Gasteiger partial charge in [0.2, 0.25) is 0 Å². The summed E-state index contributed by atoms with van der Waals surface area (Å²) in [5.74, 6) is -0.371. The number of rotatable bonds is 8. The van der Waals surface area contributed by atoms with E-state index < -0.39 is 26.6 Å². The summed E-state index contributed by atoms with van der Waals surface area (Å²) in [6.45, 7) is 3.12. The average Bonchev–Trinajstić information content (AvgIpc) is 3.22. The number of carbonyl (C=O) groups is 1. The fraction of sp³-hybridized carbons (Fsp3) is 0.304. The highest BCUT2D eigenvalue weighted by Gasteiger charge is 2.39. The zero-order chi connectivity index (χ0) is 23.5. The molecular formula is C23H26N2O6S. The van der Waals surface area contributed by atoms with E-state index in [0.717, 1.165) is 17.4 Å². The number of aromatic hydroxyl groups is 1. The maximum atomic E-state index is 12.5. The van der Waals surface area contributed by atoms with Crippen LogP contribution < -0.4 is 5.32 Å². The molecule has 0 saturated heterocycles. The van der Waals surface area contributed by atoms with Gasteiger partial charge in [0.25, 0.3) is 5.91 Å². The van der Waals surface area contributed by atoms with E-state index in [0.29, 0.717) is 5.76 Å². The van der Waals surface area contributed by atoms with Crippen molar-refractivity contribution in [1.29, 1.82) is 0 Å². The van der Waals surface area contributed by atoms with Gasteiger partial charge in [-0.2, -0.15) is 0 Å². The summed E-state index contributed by atoms with van der Waals surface area (Å²) in [6, 6.07) is 15.1. The zero-order valence-electron chi connectivity index (χ0n) is 18.1.